The zero-order valence-corrected chi connectivity index (χ0v) is 70.9. The summed E-state index contributed by atoms with van der Waals surface area (Å²) in [5.74, 6) is -14.4. The molecule has 0 spiro atoms. The molecule has 0 bridgehead atoms. The number of amides is 4. The van der Waals surface area contributed by atoms with Gasteiger partial charge in [-0.25, -0.2) is 21.6 Å². The second kappa shape index (κ2) is 48.6. The Hall–Kier alpha value is -3.95. The summed E-state index contributed by atoms with van der Waals surface area (Å²) in [4.78, 5) is 135. The normalized spacial score (nSPS) is 15.3. The van der Waals surface area contributed by atoms with E-state index in [0.717, 1.165) is 11.1 Å². The van der Waals surface area contributed by atoms with Crippen LogP contribution in [0.4, 0.5) is 4.79 Å². The number of nitrogens with zero attached hydrogens (tertiary/aromatic N) is 4. The molecular formula is C63H99K2N9O27S4. The fourth-order valence-electron chi connectivity index (χ4n) is 9.41. The number of hydrogen-bond acceptors (Lipinski definition) is 30. The first-order valence-electron chi connectivity index (χ1n) is 32.5. The number of ketones is 2. The number of rotatable bonds is 36. The first-order valence-corrected chi connectivity index (χ1v) is 38.9. The van der Waals surface area contributed by atoms with Crippen LogP contribution in [0.5, 0.6) is 0 Å². The van der Waals surface area contributed by atoms with Crippen LogP contribution in [0, 0.1) is 5.92 Å². The predicted molar refractivity (Wildman–Crippen MR) is 368 cm³/mol. The van der Waals surface area contributed by atoms with Gasteiger partial charge in [0.2, 0.25) is 17.7 Å². The standard InChI is InChI=1S/C46H76N6O17S2.C17H25N3O10S2.2K/c1-44(2,3)67-40(56)28-50-20-18-49(19-21-51(29-41(57)68-45(4,5)6)23-25-52(24-22-50)30-42(58)69-46(7,8)9)27-38(54)48-36(33-71(63,64)65)37(53)26-35(32-70(60,61)62)43(59)47-17-13-16-39(55)66-31-34-14-11-10-12-15-34;18-13(10-31(24,25)26)16(22)20-14(11-32(27,28)29)15(21)7-4-8-19-17(23)30-9-12-5-2-1-3-6-12;;/h10-12,14-15,35-36H,13,16-33H2,1-9H3,(H,47,59)(H,48,54)(H,60,61,62)(H,63,64,65);1-3,5-6,13-14H,4,7-11,18H2,(H,19,23)(H,20,22)(H,24,25,26)(H,27,28,29);;/q;;2*+1/p-2/t35-,36-;13-,14-;;/m00../s1. The maximum Gasteiger partial charge on any atom is 1.00 e. The minimum absolute atomic E-state index is 0. The number of carbonyl (C=O) groups is 10. The molecule has 42 heteroatoms. The summed E-state index contributed by atoms with van der Waals surface area (Å²) in [6, 6.07) is 12.1. The topological polar surface area (TPSA) is 527 Å². The smallest absolute Gasteiger partial charge is 0.748 e. The van der Waals surface area contributed by atoms with Gasteiger partial charge in [-0.1, -0.05) is 60.7 Å². The van der Waals surface area contributed by atoms with Gasteiger partial charge in [0.1, 0.15) is 47.9 Å². The van der Waals surface area contributed by atoms with Crippen molar-refractivity contribution in [3.63, 3.8) is 0 Å². The van der Waals surface area contributed by atoms with Gasteiger partial charge in [0.15, 0.2) is 11.6 Å². The molecule has 4 amide bonds. The monoisotopic (exact) mass is 1620 g/mol. The van der Waals surface area contributed by atoms with Crippen molar-refractivity contribution in [2.75, 3.05) is 115 Å². The van der Waals surface area contributed by atoms with Gasteiger partial charge in [0.05, 0.1) is 75.6 Å². The average Bonchev–Trinajstić information content (AvgIpc) is 0.962. The molecule has 0 unspecified atom stereocenters. The molecule has 8 N–H and O–H groups in total. The van der Waals surface area contributed by atoms with Gasteiger partial charge < -0.3 is 59.8 Å². The van der Waals surface area contributed by atoms with E-state index in [1.54, 1.807) is 138 Å². The van der Waals surface area contributed by atoms with Crippen LogP contribution in [0.15, 0.2) is 60.7 Å². The molecular weight excluding hydrogens is 1520 g/mol. The van der Waals surface area contributed by atoms with Gasteiger partial charge in [-0.15, -0.1) is 0 Å². The molecule has 0 saturated carbocycles. The Morgan fingerprint density at radius 2 is 0.848 bits per heavy atom. The molecule has 2 aromatic rings. The Bertz CT molecular complexity index is 3560. The summed E-state index contributed by atoms with van der Waals surface area (Å²) >= 11 is 0. The minimum atomic E-state index is -4.99. The Balaban J connectivity index is 0.00000266. The summed E-state index contributed by atoms with van der Waals surface area (Å²) < 4.78 is 160. The molecule has 4 atom stereocenters. The molecule has 1 heterocycles. The van der Waals surface area contributed by atoms with E-state index in [1.165, 1.54) is 0 Å². The van der Waals surface area contributed by atoms with Crippen molar-refractivity contribution in [3.8, 4) is 0 Å². The van der Waals surface area contributed by atoms with E-state index in [2.05, 4.69) is 16.0 Å². The summed E-state index contributed by atoms with van der Waals surface area (Å²) in [5.41, 5.74) is 4.40. The number of benzene rings is 2. The molecule has 584 valence electrons. The predicted octanol–water partition coefficient (Wildman–Crippen LogP) is -7.12. The number of nitrogens with one attached hydrogen (secondary N) is 4. The summed E-state index contributed by atoms with van der Waals surface area (Å²) in [5, 5.41) is 8.94. The Morgan fingerprint density at radius 1 is 0.476 bits per heavy atom. The van der Waals surface area contributed by atoms with Crippen LogP contribution < -0.4 is 130 Å². The van der Waals surface area contributed by atoms with Crippen molar-refractivity contribution >= 4 is 99.7 Å². The third-order valence-corrected chi connectivity index (χ3v) is 17.0. The molecule has 3 rings (SSSR count). The zero-order valence-electron chi connectivity index (χ0n) is 61.4. The Kier molecular flexibility index (Phi) is 46.8. The molecule has 1 aliphatic rings. The van der Waals surface area contributed by atoms with Crippen molar-refractivity contribution < 1.29 is 226 Å². The third-order valence-electron chi connectivity index (χ3n) is 13.9. The molecule has 0 aromatic heterocycles. The third kappa shape index (κ3) is 52.7. The van der Waals surface area contributed by atoms with Crippen LogP contribution in [0.3, 0.4) is 0 Å². The molecule has 2 aromatic carbocycles. The van der Waals surface area contributed by atoms with Crippen LogP contribution in [0.25, 0.3) is 0 Å². The van der Waals surface area contributed by atoms with E-state index in [-0.39, 0.29) is 227 Å². The van der Waals surface area contributed by atoms with Crippen LogP contribution >= 0.6 is 0 Å². The Labute approximate surface area is 699 Å². The molecule has 105 heavy (non-hydrogen) atoms. The van der Waals surface area contributed by atoms with Crippen molar-refractivity contribution in [2.45, 2.75) is 143 Å². The molecule has 1 aliphatic heterocycles. The van der Waals surface area contributed by atoms with E-state index in [9.17, 15) is 99.8 Å². The number of esters is 4. The first-order chi connectivity index (χ1) is 47.4. The van der Waals surface area contributed by atoms with Crippen molar-refractivity contribution in [1.29, 1.82) is 0 Å². The summed E-state index contributed by atoms with van der Waals surface area (Å²) in [6.45, 7) is 15.9. The molecule has 0 radical (unpaired) electrons. The quantitative estimate of drug-likeness (QED) is 0.0110. The maximum absolute atomic E-state index is 13.8. The van der Waals surface area contributed by atoms with Crippen LogP contribution in [0.1, 0.15) is 106 Å². The van der Waals surface area contributed by atoms with E-state index < -0.39 is 177 Å². The number of hydrogen-bond donors (Lipinski definition) is 7. The number of Topliss-reactive ketones (excluding diaryl/α,β-unsaturated/α-hetero) is 2. The summed E-state index contributed by atoms with van der Waals surface area (Å²) in [6.07, 6.45) is -2.15. The van der Waals surface area contributed by atoms with Gasteiger partial charge in [0, 0.05) is 84.7 Å². The molecule has 36 nitrogen and oxygen atoms in total. The second-order valence-electron chi connectivity index (χ2n) is 27.1. The average molecular weight is 1620 g/mol. The maximum atomic E-state index is 13.8. The van der Waals surface area contributed by atoms with Crippen LogP contribution in [-0.2, 0) is 121 Å². The van der Waals surface area contributed by atoms with Gasteiger partial charge in [-0.3, -0.25) is 71.9 Å². The fourth-order valence-corrected chi connectivity index (χ4v) is 12.1. The van der Waals surface area contributed by atoms with Crippen molar-refractivity contribution in [2.24, 2.45) is 11.7 Å². The number of ether oxygens (including phenoxy) is 5. The Morgan fingerprint density at radius 3 is 1.24 bits per heavy atom. The number of nitrogens with two attached hydrogens (primary N) is 1. The molecule has 0 aliphatic carbocycles. The van der Waals surface area contributed by atoms with E-state index in [1.807, 2.05) is 10.2 Å². The van der Waals surface area contributed by atoms with Crippen LogP contribution in [0.2, 0.25) is 0 Å². The number of alkyl carbamates (subject to hydrolysis) is 1. The fraction of sp³-hybridized carbons (Fsp3) is 0.651. The SMILES string of the molecule is CC(C)(C)OC(=O)CN1CCN(CC(=O)N[C@@H](CS(=O)(=O)O)C(=O)C[C@@H](CS(=O)(=O)O)C(=O)NCCCC(=O)OCc2ccccc2)CCN(CC(=O)OC(C)(C)C)CCN(CC(=O)OC(C)(C)C)CC1.N[C@@H](CS(=O)(=O)[O-])C(=O)N[C@@H](CS(=O)(=O)[O-])C(=O)CCCNC(=O)OCc1ccccc1.[K+].[K+]. The van der Waals surface area contributed by atoms with Gasteiger partial charge in [0.25, 0.3) is 20.2 Å². The zero-order chi connectivity index (χ0) is 78.2. The first kappa shape index (κ1) is 101. The molecule has 1 fully saturated rings. The van der Waals surface area contributed by atoms with E-state index >= 15 is 0 Å². The van der Waals surface area contributed by atoms with Crippen LogP contribution in [-0.4, -0.2) is 280 Å². The van der Waals surface area contributed by atoms with Gasteiger partial charge in [-0.05, 0) is 86.3 Å². The summed E-state index contributed by atoms with van der Waals surface area (Å²) in [7, 11) is -19.7. The van der Waals surface area contributed by atoms with Gasteiger partial charge >= 0.3 is 133 Å². The van der Waals surface area contributed by atoms with Crippen molar-refractivity contribution in [3.05, 3.63) is 71.8 Å². The largest absolute Gasteiger partial charge is 1.00 e. The second-order valence-corrected chi connectivity index (χ2v) is 33.0. The van der Waals surface area contributed by atoms with Crippen molar-refractivity contribution in [1.82, 2.24) is 40.9 Å². The molecule has 1 saturated heterocycles. The van der Waals surface area contributed by atoms with E-state index in [4.69, 9.17) is 29.4 Å². The number of carbonyl (C=O) groups excluding carboxylic acids is 10. The van der Waals surface area contributed by atoms with Gasteiger partial charge in [-0.2, -0.15) is 16.8 Å². The minimum Gasteiger partial charge on any atom is -0.748 e. The van der Waals surface area contributed by atoms with E-state index in [0.29, 0.717) is 0 Å².